The van der Waals surface area contributed by atoms with E-state index in [9.17, 15) is 13.6 Å². The maximum atomic E-state index is 12.5. The van der Waals surface area contributed by atoms with Crippen molar-refractivity contribution in [3.05, 3.63) is 42.5 Å². The van der Waals surface area contributed by atoms with E-state index < -0.39 is 11.9 Å². The molecule has 0 aliphatic carbocycles. The molecule has 0 aliphatic rings. The molecule has 0 saturated carbocycles. The van der Waals surface area contributed by atoms with E-state index in [0.717, 1.165) is 10.8 Å². The minimum atomic E-state index is -3.47. The number of fused-ring (bicyclic) bond motifs is 1. The van der Waals surface area contributed by atoms with E-state index >= 15 is 0 Å². The second kappa shape index (κ2) is 5.86. The fourth-order valence-electron chi connectivity index (χ4n) is 1.68. The molecular formula is C15H14F2O3. The van der Waals surface area contributed by atoms with E-state index in [4.69, 9.17) is 4.74 Å². The average Bonchev–Trinajstić information content (AvgIpc) is 2.42. The van der Waals surface area contributed by atoms with E-state index in [-0.39, 0.29) is 13.2 Å². The number of esters is 1. The van der Waals surface area contributed by atoms with Crippen molar-refractivity contribution in [1.29, 1.82) is 0 Å². The van der Waals surface area contributed by atoms with Crippen LogP contribution in [0, 0.1) is 0 Å². The van der Waals surface area contributed by atoms with Crippen LogP contribution in [0.4, 0.5) is 8.78 Å². The zero-order chi connectivity index (χ0) is 14.6. The molecule has 0 aliphatic heterocycles. The number of ether oxygens (including phenoxy) is 2. The van der Waals surface area contributed by atoms with Crippen molar-refractivity contribution in [2.45, 2.75) is 12.8 Å². The summed E-state index contributed by atoms with van der Waals surface area (Å²) in [4.78, 5) is 10.8. The van der Waals surface area contributed by atoms with Gasteiger partial charge in [0.05, 0.1) is 0 Å². The van der Waals surface area contributed by atoms with Gasteiger partial charge in [-0.15, -0.1) is 0 Å². The fraction of sp³-hybridized carbons (Fsp3) is 0.267. The Kier molecular flexibility index (Phi) is 4.17. The Balaban J connectivity index is 1.86. The second-order valence-electron chi connectivity index (χ2n) is 4.38. The van der Waals surface area contributed by atoms with E-state index in [1.165, 1.54) is 0 Å². The maximum absolute atomic E-state index is 12.5. The van der Waals surface area contributed by atoms with Crippen molar-refractivity contribution in [3.8, 4) is 5.75 Å². The molecule has 0 N–H and O–H groups in total. The third-order valence-electron chi connectivity index (χ3n) is 2.66. The molecule has 0 atom stereocenters. The smallest absolute Gasteiger partial charge is 0.376 e. The van der Waals surface area contributed by atoms with E-state index in [1.807, 2.05) is 36.4 Å². The second-order valence-corrected chi connectivity index (χ2v) is 4.38. The van der Waals surface area contributed by atoms with Crippen molar-refractivity contribution in [2.24, 2.45) is 0 Å². The highest BCUT2D eigenvalue weighted by Crippen LogP contribution is 2.20. The van der Waals surface area contributed by atoms with Crippen LogP contribution in [0.5, 0.6) is 5.75 Å². The van der Waals surface area contributed by atoms with Crippen LogP contribution < -0.4 is 4.74 Å². The Bertz CT molecular complexity index is 605. The molecule has 2 aromatic rings. The zero-order valence-corrected chi connectivity index (χ0v) is 10.9. The fourth-order valence-corrected chi connectivity index (χ4v) is 1.68. The lowest BCUT2D eigenvalue weighted by atomic mass is 10.1. The van der Waals surface area contributed by atoms with Crippen molar-refractivity contribution in [3.63, 3.8) is 0 Å². The molecule has 106 valence electrons. The molecule has 0 saturated heterocycles. The molecule has 0 radical (unpaired) electrons. The highest BCUT2D eigenvalue weighted by Gasteiger charge is 2.34. The van der Waals surface area contributed by atoms with Crippen LogP contribution in [-0.2, 0) is 9.53 Å². The van der Waals surface area contributed by atoms with Gasteiger partial charge < -0.3 is 9.47 Å². The van der Waals surface area contributed by atoms with E-state index in [2.05, 4.69) is 4.74 Å². The molecule has 0 heterocycles. The summed E-state index contributed by atoms with van der Waals surface area (Å²) < 4.78 is 34.8. The molecule has 3 nitrogen and oxygen atoms in total. The third-order valence-corrected chi connectivity index (χ3v) is 2.66. The number of halogens is 2. The number of rotatable bonds is 5. The molecule has 0 aromatic heterocycles. The normalized spacial score (nSPS) is 11.3. The third kappa shape index (κ3) is 3.66. The maximum Gasteiger partial charge on any atom is 0.376 e. The van der Waals surface area contributed by atoms with Crippen LogP contribution in [0.15, 0.2) is 42.5 Å². The molecule has 0 bridgehead atoms. The summed E-state index contributed by atoms with van der Waals surface area (Å²) in [5.74, 6) is -4.41. The molecule has 0 unspecified atom stereocenters. The molecule has 0 amide bonds. The van der Waals surface area contributed by atoms with Crippen molar-refractivity contribution in [2.75, 3.05) is 13.2 Å². The summed E-state index contributed by atoms with van der Waals surface area (Å²) in [5.41, 5.74) is 0. The van der Waals surface area contributed by atoms with Gasteiger partial charge in [0.1, 0.15) is 19.0 Å². The first kappa shape index (κ1) is 14.2. The van der Waals surface area contributed by atoms with Gasteiger partial charge in [-0.2, -0.15) is 8.78 Å². The van der Waals surface area contributed by atoms with Gasteiger partial charge in [-0.1, -0.05) is 30.3 Å². The van der Waals surface area contributed by atoms with Gasteiger partial charge in [-0.05, 0) is 22.9 Å². The predicted molar refractivity (Wildman–Crippen MR) is 71.0 cm³/mol. The van der Waals surface area contributed by atoms with Crippen LogP contribution in [0.2, 0.25) is 0 Å². The van der Waals surface area contributed by atoms with Gasteiger partial charge in [0.2, 0.25) is 0 Å². The lowest BCUT2D eigenvalue weighted by Gasteiger charge is -2.11. The lowest BCUT2D eigenvalue weighted by Crippen LogP contribution is -2.28. The highest BCUT2D eigenvalue weighted by molar-refractivity contribution is 5.83. The zero-order valence-electron chi connectivity index (χ0n) is 10.9. The van der Waals surface area contributed by atoms with Crippen LogP contribution in [0.25, 0.3) is 10.8 Å². The molecular weight excluding hydrogens is 266 g/mol. The van der Waals surface area contributed by atoms with Gasteiger partial charge in [-0.3, -0.25) is 0 Å². The Morgan fingerprint density at radius 2 is 1.80 bits per heavy atom. The van der Waals surface area contributed by atoms with Crippen LogP contribution >= 0.6 is 0 Å². The summed E-state index contributed by atoms with van der Waals surface area (Å²) >= 11 is 0. The predicted octanol–water partition coefficient (Wildman–Crippen LogP) is 3.42. The van der Waals surface area contributed by atoms with Crippen LogP contribution in [0.1, 0.15) is 6.92 Å². The molecule has 2 aromatic carbocycles. The summed E-state index contributed by atoms with van der Waals surface area (Å²) in [6.45, 7) is 0.314. The van der Waals surface area contributed by atoms with E-state index in [1.54, 1.807) is 6.07 Å². The molecule has 2 rings (SSSR count). The number of benzene rings is 2. The first-order valence-electron chi connectivity index (χ1n) is 6.13. The van der Waals surface area contributed by atoms with Crippen LogP contribution in [0.3, 0.4) is 0 Å². The largest absolute Gasteiger partial charge is 0.490 e. The monoisotopic (exact) mass is 280 g/mol. The quantitative estimate of drug-likeness (QED) is 0.622. The van der Waals surface area contributed by atoms with Gasteiger partial charge in [0, 0.05) is 6.92 Å². The standard InChI is InChI=1S/C15H14F2O3/c1-15(16,17)14(18)20-9-8-19-13-7-6-11-4-2-3-5-12(11)10-13/h2-7,10H,8-9H2,1H3. The minimum absolute atomic E-state index is 0.0279. The number of carbonyl (C=O) groups is 1. The molecule has 5 heteroatoms. The van der Waals surface area contributed by atoms with Gasteiger partial charge >= 0.3 is 11.9 Å². The Morgan fingerprint density at radius 3 is 2.50 bits per heavy atom. The van der Waals surface area contributed by atoms with Gasteiger partial charge in [0.25, 0.3) is 0 Å². The van der Waals surface area contributed by atoms with Crippen molar-refractivity contribution in [1.82, 2.24) is 0 Å². The molecule has 20 heavy (non-hydrogen) atoms. The van der Waals surface area contributed by atoms with Crippen molar-refractivity contribution >= 4 is 16.7 Å². The summed E-state index contributed by atoms with van der Waals surface area (Å²) in [5, 5.41) is 2.10. The van der Waals surface area contributed by atoms with Gasteiger partial charge in [0.15, 0.2) is 0 Å². The lowest BCUT2D eigenvalue weighted by molar-refractivity contribution is -0.169. The minimum Gasteiger partial charge on any atom is -0.490 e. The van der Waals surface area contributed by atoms with E-state index in [0.29, 0.717) is 12.7 Å². The molecule has 0 spiro atoms. The molecule has 0 fully saturated rings. The summed E-state index contributed by atoms with van der Waals surface area (Å²) in [6.07, 6.45) is 0. The SMILES string of the molecule is CC(F)(F)C(=O)OCCOc1ccc2ccccc2c1. The Labute approximate surface area is 115 Å². The Hall–Kier alpha value is -2.17. The van der Waals surface area contributed by atoms with Crippen LogP contribution in [-0.4, -0.2) is 25.1 Å². The Morgan fingerprint density at radius 1 is 1.10 bits per heavy atom. The van der Waals surface area contributed by atoms with Crippen molar-refractivity contribution < 1.29 is 23.0 Å². The number of carbonyl (C=O) groups excluding carboxylic acids is 1. The summed E-state index contributed by atoms with van der Waals surface area (Å²) in [6, 6.07) is 13.3. The number of alkyl halides is 2. The summed E-state index contributed by atoms with van der Waals surface area (Å²) in [7, 11) is 0. The first-order chi connectivity index (χ1) is 9.47. The average molecular weight is 280 g/mol. The van der Waals surface area contributed by atoms with Gasteiger partial charge in [-0.25, -0.2) is 4.79 Å². The number of hydrogen-bond donors (Lipinski definition) is 0. The number of hydrogen-bond acceptors (Lipinski definition) is 3. The first-order valence-corrected chi connectivity index (χ1v) is 6.13. The highest BCUT2D eigenvalue weighted by atomic mass is 19.3. The topological polar surface area (TPSA) is 35.5 Å².